The molecule has 4 N–H and O–H groups in total. The summed E-state index contributed by atoms with van der Waals surface area (Å²) in [6, 6.07) is 9.16. The van der Waals surface area contributed by atoms with Gasteiger partial charge in [0.25, 0.3) is 5.91 Å². The number of rotatable bonds is 3. The average Bonchev–Trinajstić information content (AvgIpc) is 2.41. The number of halogens is 1. The van der Waals surface area contributed by atoms with Crippen LogP contribution in [-0.4, -0.2) is 10.9 Å². The van der Waals surface area contributed by atoms with Crippen LogP contribution in [0.25, 0.3) is 0 Å². The number of amides is 1. The molecule has 0 aliphatic rings. The summed E-state index contributed by atoms with van der Waals surface area (Å²) in [7, 11) is 0. The first-order chi connectivity index (χ1) is 8.70. The van der Waals surface area contributed by atoms with E-state index in [4.69, 9.17) is 5.84 Å². The lowest BCUT2D eigenvalue weighted by atomic mass is 10.2. The number of aromatic nitrogens is 1. The lowest BCUT2D eigenvalue weighted by molar-refractivity contribution is 0.102. The Hall–Kier alpha value is -1.67. The number of hydrogen-bond acceptors (Lipinski definition) is 4. The summed E-state index contributed by atoms with van der Waals surface area (Å²) in [6.07, 6.45) is 3.04. The second-order valence-electron chi connectivity index (χ2n) is 3.53. The Balaban J connectivity index is 2.19. The minimum atomic E-state index is -0.253. The predicted molar refractivity (Wildman–Crippen MR) is 79.2 cm³/mol. The molecule has 0 bridgehead atoms. The molecule has 0 radical (unpaired) electrons. The van der Waals surface area contributed by atoms with Crippen LogP contribution in [0.1, 0.15) is 10.4 Å². The summed E-state index contributed by atoms with van der Waals surface area (Å²) in [4.78, 5) is 15.9. The quantitative estimate of drug-likeness (QED) is 0.449. The van der Waals surface area contributed by atoms with E-state index >= 15 is 0 Å². The van der Waals surface area contributed by atoms with Crippen molar-refractivity contribution in [3.05, 3.63) is 51.9 Å². The van der Waals surface area contributed by atoms with Gasteiger partial charge in [0, 0.05) is 21.7 Å². The summed E-state index contributed by atoms with van der Waals surface area (Å²) in [5.74, 6) is 5.09. The van der Waals surface area contributed by atoms with Gasteiger partial charge in [-0.2, -0.15) is 0 Å². The number of hydrazine groups is 1. The molecule has 0 unspecified atom stereocenters. The number of nitrogens with two attached hydrogens (primary N) is 1. The number of anilines is 2. The first kappa shape index (κ1) is 12.8. The van der Waals surface area contributed by atoms with Crippen LogP contribution in [0, 0.1) is 3.57 Å². The highest BCUT2D eigenvalue weighted by Gasteiger charge is 2.10. The highest BCUT2D eigenvalue weighted by atomic mass is 127. The molecule has 1 heterocycles. The van der Waals surface area contributed by atoms with Crippen LogP contribution in [0.15, 0.2) is 42.7 Å². The number of carbonyl (C=O) groups is 1. The Kier molecular flexibility index (Phi) is 4.11. The SMILES string of the molecule is NNc1ccncc1C(=O)Nc1ccc(I)cc1. The maximum absolute atomic E-state index is 12.0. The first-order valence-corrected chi connectivity index (χ1v) is 6.26. The normalized spacial score (nSPS) is 9.89. The Bertz CT molecular complexity index is 556. The Morgan fingerprint density at radius 2 is 1.94 bits per heavy atom. The number of pyridine rings is 1. The van der Waals surface area contributed by atoms with E-state index in [-0.39, 0.29) is 5.91 Å². The summed E-state index contributed by atoms with van der Waals surface area (Å²) < 4.78 is 1.11. The molecule has 0 atom stereocenters. The second kappa shape index (κ2) is 5.78. The molecule has 2 rings (SSSR count). The lowest BCUT2D eigenvalue weighted by Gasteiger charge is -2.08. The third kappa shape index (κ3) is 2.96. The molecule has 0 aliphatic carbocycles. The smallest absolute Gasteiger partial charge is 0.259 e. The fourth-order valence-corrected chi connectivity index (χ4v) is 1.79. The largest absolute Gasteiger partial charge is 0.323 e. The van der Waals surface area contributed by atoms with Gasteiger partial charge in [0.1, 0.15) is 0 Å². The predicted octanol–water partition coefficient (Wildman–Crippen LogP) is 2.22. The molecule has 18 heavy (non-hydrogen) atoms. The number of carbonyl (C=O) groups excluding carboxylic acids is 1. The van der Waals surface area contributed by atoms with Crippen molar-refractivity contribution in [3.8, 4) is 0 Å². The summed E-state index contributed by atoms with van der Waals surface area (Å²) in [5.41, 5.74) is 4.13. The van der Waals surface area contributed by atoms with Gasteiger partial charge in [0.2, 0.25) is 0 Å². The molecule has 1 aromatic heterocycles. The van der Waals surface area contributed by atoms with E-state index in [2.05, 4.69) is 38.3 Å². The van der Waals surface area contributed by atoms with Gasteiger partial charge in [-0.25, -0.2) is 0 Å². The van der Waals surface area contributed by atoms with E-state index in [1.807, 2.05) is 24.3 Å². The molecule has 0 saturated heterocycles. The van der Waals surface area contributed by atoms with E-state index in [0.717, 1.165) is 9.26 Å². The molecule has 1 amide bonds. The number of nitrogens with zero attached hydrogens (tertiary/aromatic N) is 1. The molecule has 0 spiro atoms. The van der Waals surface area contributed by atoms with Gasteiger partial charge in [-0.05, 0) is 52.9 Å². The molecule has 0 aliphatic heterocycles. The Labute approximate surface area is 118 Å². The van der Waals surface area contributed by atoms with E-state index in [1.165, 1.54) is 6.20 Å². The monoisotopic (exact) mass is 354 g/mol. The van der Waals surface area contributed by atoms with Crippen molar-refractivity contribution < 1.29 is 4.79 Å². The minimum Gasteiger partial charge on any atom is -0.323 e. The van der Waals surface area contributed by atoms with E-state index in [0.29, 0.717) is 11.3 Å². The van der Waals surface area contributed by atoms with E-state index in [1.54, 1.807) is 12.3 Å². The highest BCUT2D eigenvalue weighted by molar-refractivity contribution is 14.1. The van der Waals surface area contributed by atoms with Crippen LogP contribution in [0.2, 0.25) is 0 Å². The fraction of sp³-hybridized carbons (Fsp3) is 0. The molecular formula is C12H11IN4O. The van der Waals surface area contributed by atoms with Gasteiger partial charge in [0.15, 0.2) is 0 Å². The van der Waals surface area contributed by atoms with Crippen molar-refractivity contribution in [1.29, 1.82) is 0 Å². The third-order valence-electron chi connectivity index (χ3n) is 2.32. The number of benzene rings is 1. The van der Waals surface area contributed by atoms with Gasteiger partial charge in [-0.15, -0.1) is 0 Å². The highest BCUT2D eigenvalue weighted by Crippen LogP contribution is 2.16. The van der Waals surface area contributed by atoms with Crippen molar-refractivity contribution >= 4 is 39.9 Å². The first-order valence-electron chi connectivity index (χ1n) is 5.18. The van der Waals surface area contributed by atoms with Crippen LogP contribution < -0.4 is 16.6 Å². The van der Waals surface area contributed by atoms with Gasteiger partial charge >= 0.3 is 0 Å². The topological polar surface area (TPSA) is 80.0 Å². The number of hydrogen-bond donors (Lipinski definition) is 3. The van der Waals surface area contributed by atoms with Crippen molar-refractivity contribution in [2.24, 2.45) is 5.84 Å². The fourth-order valence-electron chi connectivity index (χ4n) is 1.43. The van der Waals surface area contributed by atoms with E-state index in [9.17, 15) is 4.79 Å². The van der Waals surface area contributed by atoms with Gasteiger partial charge in [-0.1, -0.05) is 0 Å². The van der Waals surface area contributed by atoms with Gasteiger partial charge in [0.05, 0.1) is 11.3 Å². The number of nitrogen functional groups attached to an aromatic ring is 1. The van der Waals surface area contributed by atoms with Crippen molar-refractivity contribution in [2.75, 3.05) is 10.7 Å². The van der Waals surface area contributed by atoms with Crippen molar-refractivity contribution in [1.82, 2.24) is 4.98 Å². The third-order valence-corrected chi connectivity index (χ3v) is 3.04. The Morgan fingerprint density at radius 1 is 1.22 bits per heavy atom. The molecule has 1 aromatic carbocycles. The zero-order chi connectivity index (χ0) is 13.0. The Morgan fingerprint density at radius 3 is 2.61 bits per heavy atom. The molecular weight excluding hydrogens is 343 g/mol. The van der Waals surface area contributed by atoms with Crippen LogP contribution in [-0.2, 0) is 0 Å². The summed E-state index contributed by atoms with van der Waals surface area (Å²) in [5, 5.41) is 2.78. The van der Waals surface area contributed by atoms with Crippen molar-refractivity contribution in [3.63, 3.8) is 0 Å². The van der Waals surface area contributed by atoms with Crippen LogP contribution in [0.4, 0.5) is 11.4 Å². The zero-order valence-electron chi connectivity index (χ0n) is 9.35. The van der Waals surface area contributed by atoms with Crippen LogP contribution in [0.3, 0.4) is 0 Å². The standard InChI is InChI=1S/C12H11IN4O/c13-8-1-3-9(4-2-8)16-12(18)10-7-15-6-5-11(10)17-14/h1-7H,14H2,(H,15,17)(H,16,18). The molecule has 0 fully saturated rings. The van der Waals surface area contributed by atoms with E-state index < -0.39 is 0 Å². The maximum atomic E-state index is 12.0. The molecule has 0 saturated carbocycles. The van der Waals surface area contributed by atoms with Crippen LogP contribution >= 0.6 is 22.6 Å². The maximum Gasteiger partial charge on any atom is 0.259 e. The molecule has 5 nitrogen and oxygen atoms in total. The molecule has 92 valence electrons. The average molecular weight is 354 g/mol. The van der Waals surface area contributed by atoms with Crippen LogP contribution in [0.5, 0.6) is 0 Å². The van der Waals surface area contributed by atoms with Crippen molar-refractivity contribution in [2.45, 2.75) is 0 Å². The summed E-state index contributed by atoms with van der Waals surface area (Å²) in [6.45, 7) is 0. The zero-order valence-corrected chi connectivity index (χ0v) is 11.5. The van der Waals surface area contributed by atoms with Gasteiger partial charge < -0.3 is 10.7 Å². The summed E-state index contributed by atoms with van der Waals surface area (Å²) >= 11 is 2.20. The molecule has 2 aromatic rings. The number of nitrogens with one attached hydrogen (secondary N) is 2. The lowest BCUT2D eigenvalue weighted by Crippen LogP contribution is -2.17. The van der Waals surface area contributed by atoms with Gasteiger partial charge in [-0.3, -0.25) is 15.6 Å². The molecule has 6 heteroatoms. The second-order valence-corrected chi connectivity index (χ2v) is 4.77. The minimum absolute atomic E-state index is 0.253.